The van der Waals surface area contributed by atoms with Crippen LogP contribution in [0.3, 0.4) is 0 Å². The van der Waals surface area contributed by atoms with Gasteiger partial charge in [-0.2, -0.15) is 4.98 Å². The monoisotopic (exact) mass is 259 g/mol. The molecule has 1 aromatic carbocycles. The van der Waals surface area contributed by atoms with Crippen molar-refractivity contribution in [2.75, 3.05) is 0 Å². The molecule has 5 heteroatoms. The van der Waals surface area contributed by atoms with Crippen molar-refractivity contribution in [3.8, 4) is 11.4 Å². The van der Waals surface area contributed by atoms with Crippen molar-refractivity contribution in [2.45, 2.75) is 12.3 Å². The second kappa shape index (κ2) is 4.38. The average molecular weight is 260 g/mol. The van der Waals surface area contributed by atoms with Crippen LogP contribution in [0.5, 0.6) is 0 Å². The van der Waals surface area contributed by atoms with Crippen molar-refractivity contribution < 1.29 is 4.52 Å². The summed E-state index contributed by atoms with van der Waals surface area (Å²) < 4.78 is 5.08. The average Bonchev–Trinajstić information content (AvgIpc) is 2.88. The number of benzene rings is 1. The van der Waals surface area contributed by atoms with Gasteiger partial charge in [0.15, 0.2) is 0 Å². The largest absolute Gasteiger partial charge is 0.337 e. The molecule has 0 saturated carbocycles. The smallest absolute Gasteiger partial charge is 0.244 e. The van der Waals surface area contributed by atoms with Gasteiger partial charge in [0.25, 0.3) is 0 Å². The number of halogens is 1. The van der Waals surface area contributed by atoms with Gasteiger partial charge in [0.1, 0.15) is 5.38 Å². The minimum Gasteiger partial charge on any atom is -0.337 e. The van der Waals surface area contributed by atoms with Crippen molar-refractivity contribution in [3.63, 3.8) is 0 Å². The predicted molar refractivity (Wildman–Crippen MR) is 69.3 cm³/mol. The third-order valence-electron chi connectivity index (χ3n) is 2.64. The number of hydrogen-bond acceptors (Lipinski definition) is 4. The van der Waals surface area contributed by atoms with E-state index in [-0.39, 0.29) is 5.38 Å². The number of alkyl halides is 1. The Morgan fingerprint density at radius 2 is 2.17 bits per heavy atom. The van der Waals surface area contributed by atoms with Crippen LogP contribution < -0.4 is 0 Å². The number of aromatic nitrogens is 3. The van der Waals surface area contributed by atoms with Crippen molar-refractivity contribution in [1.29, 1.82) is 0 Å². The lowest BCUT2D eigenvalue weighted by Crippen LogP contribution is -1.85. The van der Waals surface area contributed by atoms with Crippen LogP contribution in [0.15, 0.2) is 41.1 Å². The Morgan fingerprint density at radius 3 is 2.94 bits per heavy atom. The maximum atomic E-state index is 5.89. The summed E-state index contributed by atoms with van der Waals surface area (Å²) in [6.07, 6.45) is 1.77. The third kappa shape index (κ3) is 1.95. The molecular weight excluding hydrogens is 250 g/mol. The fourth-order valence-electron chi connectivity index (χ4n) is 1.73. The molecule has 18 heavy (non-hydrogen) atoms. The van der Waals surface area contributed by atoms with Crippen LogP contribution in [0.1, 0.15) is 18.2 Å². The minimum atomic E-state index is -0.284. The van der Waals surface area contributed by atoms with E-state index in [1.165, 1.54) is 0 Å². The van der Waals surface area contributed by atoms with E-state index in [1.54, 1.807) is 13.1 Å². The number of hydrogen-bond donors (Lipinski definition) is 0. The van der Waals surface area contributed by atoms with Gasteiger partial charge in [-0.25, -0.2) is 0 Å². The van der Waals surface area contributed by atoms with Gasteiger partial charge in [-0.05, 0) is 31.2 Å². The molecule has 0 saturated heterocycles. The van der Waals surface area contributed by atoms with Crippen molar-refractivity contribution in [3.05, 3.63) is 42.4 Å². The predicted octanol–water partition coefficient (Wildman–Crippen LogP) is 3.58. The summed E-state index contributed by atoms with van der Waals surface area (Å²) in [7, 11) is 0. The van der Waals surface area contributed by atoms with E-state index < -0.39 is 0 Å². The molecule has 0 spiro atoms. The lowest BCUT2D eigenvalue weighted by Gasteiger charge is -1.98. The Morgan fingerprint density at radius 1 is 1.28 bits per heavy atom. The summed E-state index contributed by atoms with van der Waals surface area (Å²) >= 11 is 5.89. The summed E-state index contributed by atoms with van der Waals surface area (Å²) in [6.45, 7) is 1.79. The fourth-order valence-corrected chi connectivity index (χ4v) is 1.82. The number of nitrogens with zero attached hydrogens (tertiary/aromatic N) is 3. The number of fused-ring (bicyclic) bond motifs is 1. The normalized spacial score (nSPS) is 12.8. The van der Waals surface area contributed by atoms with Crippen LogP contribution in [0, 0.1) is 0 Å². The maximum absolute atomic E-state index is 5.89. The van der Waals surface area contributed by atoms with Crippen molar-refractivity contribution in [1.82, 2.24) is 15.1 Å². The van der Waals surface area contributed by atoms with Crippen LogP contribution >= 0.6 is 11.6 Å². The number of rotatable bonds is 2. The van der Waals surface area contributed by atoms with Gasteiger partial charge in [-0.15, -0.1) is 11.6 Å². The van der Waals surface area contributed by atoms with Crippen LogP contribution in [0.4, 0.5) is 0 Å². The van der Waals surface area contributed by atoms with E-state index in [4.69, 9.17) is 16.1 Å². The zero-order valence-corrected chi connectivity index (χ0v) is 10.4. The summed E-state index contributed by atoms with van der Waals surface area (Å²) in [4.78, 5) is 8.52. The summed E-state index contributed by atoms with van der Waals surface area (Å²) in [5.74, 6) is 0.973. The molecule has 1 atom stereocenters. The Bertz CT molecular complexity index is 693. The molecule has 2 heterocycles. The lowest BCUT2D eigenvalue weighted by molar-refractivity contribution is 0.379. The highest BCUT2D eigenvalue weighted by atomic mass is 35.5. The van der Waals surface area contributed by atoms with Crippen molar-refractivity contribution >= 4 is 22.5 Å². The minimum absolute atomic E-state index is 0.284. The maximum Gasteiger partial charge on any atom is 0.244 e. The highest BCUT2D eigenvalue weighted by Gasteiger charge is 2.12. The van der Waals surface area contributed by atoms with Gasteiger partial charge in [0, 0.05) is 17.1 Å². The van der Waals surface area contributed by atoms with E-state index in [1.807, 2.05) is 30.3 Å². The fraction of sp³-hybridized carbons (Fsp3) is 0.154. The highest BCUT2D eigenvalue weighted by Crippen LogP contribution is 2.24. The first kappa shape index (κ1) is 11.2. The zero-order valence-electron chi connectivity index (χ0n) is 9.67. The van der Waals surface area contributed by atoms with Crippen molar-refractivity contribution in [2.24, 2.45) is 0 Å². The molecule has 3 aromatic rings. The van der Waals surface area contributed by atoms with Crippen LogP contribution in [0.2, 0.25) is 0 Å². The van der Waals surface area contributed by atoms with Crippen LogP contribution in [-0.4, -0.2) is 15.1 Å². The molecule has 0 bridgehead atoms. The number of pyridine rings is 1. The molecule has 0 aliphatic carbocycles. The van der Waals surface area contributed by atoms with Crippen LogP contribution in [0.25, 0.3) is 22.3 Å². The first-order valence-electron chi connectivity index (χ1n) is 5.57. The Balaban J connectivity index is 2.07. The molecule has 3 rings (SSSR count). The second-order valence-electron chi connectivity index (χ2n) is 3.98. The van der Waals surface area contributed by atoms with E-state index in [9.17, 15) is 0 Å². The second-order valence-corrected chi connectivity index (χ2v) is 4.64. The van der Waals surface area contributed by atoms with Gasteiger partial charge >= 0.3 is 0 Å². The van der Waals surface area contributed by atoms with Gasteiger partial charge < -0.3 is 4.52 Å². The zero-order chi connectivity index (χ0) is 12.5. The molecule has 0 radical (unpaired) electrons. The standard InChI is InChI=1S/C13H10ClN3O/c1-8(14)13-16-12(17-18-13)10-4-5-11-9(7-10)3-2-6-15-11/h2-8H,1H3. The molecule has 0 N–H and O–H groups in total. The SMILES string of the molecule is CC(Cl)c1nc(-c2ccc3ncccc3c2)no1. The van der Waals surface area contributed by atoms with E-state index >= 15 is 0 Å². The van der Waals surface area contributed by atoms with Gasteiger partial charge in [0.2, 0.25) is 11.7 Å². The third-order valence-corrected chi connectivity index (χ3v) is 2.83. The topological polar surface area (TPSA) is 51.8 Å². The molecule has 0 amide bonds. The Hall–Kier alpha value is -1.94. The van der Waals surface area contributed by atoms with E-state index in [2.05, 4.69) is 15.1 Å². The van der Waals surface area contributed by atoms with Gasteiger partial charge in [-0.1, -0.05) is 11.2 Å². The first-order chi connectivity index (χ1) is 8.74. The van der Waals surface area contributed by atoms with Gasteiger partial charge in [0.05, 0.1) is 5.52 Å². The molecule has 0 aliphatic rings. The van der Waals surface area contributed by atoms with Crippen LogP contribution in [-0.2, 0) is 0 Å². The summed E-state index contributed by atoms with van der Waals surface area (Å²) in [6, 6.07) is 9.73. The highest BCUT2D eigenvalue weighted by molar-refractivity contribution is 6.20. The molecule has 0 aliphatic heterocycles. The Kier molecular flexibility index (Phi) is 2.72. The summed E-state index contributed by atoms with van der Waals surface area (Å²) in [5.41, 5.74) is 1.83. The van der Waals surface area contributed by atoms with Gasteiger partial charge in [-0.3, -0.25) is 4.98 Å². The molecule has 2 aromatic heterocycles. The Labute approximate surface area is 109 Å². The first-order valence-corrected chi connectivity index (χ1v) is 6.00. The molecule has 90 valence electrons. The molecular formula is C13H10ClN3O. The molecule has 4 nitrogen and oxygen atoms in total. The molecule has 1 unspecified atom stereocenters. The summed E-state index contributed by atoms with van der Waals surface area (Å²) in [5, 5.41) is 4.68. The van der Waals surface area contributed by atoms with E-state index in [0.717, 1.165) is 16.5 Å². The van der Waals surface area contributed by atoms with E-state index in [0.29, 0.717) is 11.7 Å². The quantitative estimate of drug-likeness (QED) is 0.660. The lowest BCUT2D eigenvalue weighted by atomic mass is 10.1. The molecule has 0 fully saturated rings.